The van der Waals surface area contributed by atoms with E-state index in [1.807, 2.05) is 7.05 Å². The molecule has 6 rings (SSSR count). The quantitative estimate of drug-likeness (QED) is 0.140. The average Bonchev–Trinajstić information content (AvgIpc) is 3.38. The van der Waals surface area contributed by atoms with Gasteiger partial charge in [0.1, 0.15) is 12.4 Å². The maximum absolute atomic E-state index is 14.2. The SMILES string of the molecule is CN/C(=C\C(=O)Nc1ccc(Cl)cc1)CC12CC[C@]3(C)C(CCC4C5(C)CCC(OC(=O)CC(C)(C)C=O)C(C)(C)C5CCC43C)C1=C(C(C)C)C(=O)C2. The van der Waals surface area contributed by atoms with E-state index in [4.69, 9.17) is 16.3 Å². The highest BCUT2D eigenvalue weighted by Gasteiger charge is 2.70. The van der Waals surface area contributed by atoms with Crippen LogP contribution in [0.2, 0.25) is 5.02 Å². The van der Waals surface area contributed by atoms with Gasteiger partial charge in [-0.25, -0.2) is 0 Å². The van der Waals surface area contributed by atoms with E-state index in [9.17, 15) is 19.2 Å². The van der Waals surface area contributed by atoms with Gasteiger partial charge in [0, 0.05) is 52.2 Å². The lowest BCUT2D eigenvalue weighted by molar-refractivity contribution is -0.233. The Hall–Kier alpha value is -2.93. The van der Waals surface area contributed by atoms with E-state index in [0.29, 0.717) is 47.1 Å². The van der Waals surface area contributed by atoms with E-state index < -0.39 is 5.41 Å². The summed E-state index contributed by atoms with van der Waals surface area (Å²) in [6.45, 7) is 20.3. The Morgan fingerprint density at radius 3 is 2.26 bits per heavy atom. The second-order valence-corrected chi connectivity index (χ2v) is 20.6. The number of nitrogens with one attached hydrogen (secondary N) is 2. The van der Waals surface area contributed by atoms with Crippen LogP contribution in [0.1, 0.15) is 133 Å². The fourth-order valence-electron chi connectivity index (χ4n) is 13.2. The van der Waals surface area contributed by atoms with E-state index in [1.54, 1.807) is 44.2 Å². The average molecular weight is 761 g/mol. The number of carbonyl (C=O) groups excluding carboxylic acids is 4. The first kappa shape index (κ1) is 40.7. The Labute approximate surface area is 329 Å². The molecule has 7 unspecified atom stereocenters. The lowest BCUT2D eigenvalue weighted by Crippen LogP contribution is -2.65. The van der Waals surface area contributed by atoms with Crippen molar-refractivity contribution < 1.29 is 23.9 Å². The van der Waals surface area contributed by atoms with Crippen LogP contribution in [-0.4, -0.2) is 37.1 Å². The summed E-state index contributed by atoms with van der Waals surface area (Å²) in [5, 5.41) is 6.94. The van der Waals surface area contributed by atoms with Crippen LogP contribution in [0.15, 0.2) is 47.2 Å². The number of rotatable bonds is 10. The predicted octanol–water partition coefficient (Wildman–Crippen LogP) is 10.3. The number of allylic oxidation sites excluding steroid dienone is 3. The molecule has 54 heavy (non-hydrogen) atoms. The van der Waals surface area contributed by atoms with Gasteiger partial charge in [0.05, 0.1) is 6.42 Å². The van der Waals surface area contributed by atoms with Gasteiger partial charge in [-0.05, 0) is 128 Å². The Balaban J connectivity index is 1.29. The fourth-order valence-corrected chi connectivity index (χ4v) is 13.3. The van der Waals surface area contributed by atoms with Crippen LogP contribution in [0.5, 0.6) is 0 Å². The molecule has 8 heteroatoms. The van der Waals surface area contributed by atoms with Gasteiger partial charge in [0.2, 0.25) is 5.91 Å². The molecule has 1 amide bonds. The Morgan fingerprint density at radius 2 is 1.63 bits per heavy atom. The number of esters is 1. The number of anilines is 1. The molecule has 0 bridgehead atoms. The third-order valence-corrected chi connectivity index (χ3v) is 16.2. The lowest BCUT2D eigenvalue weighted by atomic mass is 9.33. The van der Waals surface area contributed by atoms with Gasteiger partial charge in [-0.15, -0.1) is 0 Å². The van der Waals surface area contributed by atoms with Crippen LogP contribution < -0.4 is 10.6 Å². The van der Waals surface area contributed by atoms with Gasteiger partial charge in [0.15, 0.2) is 5.78 Å². The summed E-state index contributed by atoms with van der Waals surface area (Å²) < 4.78 is 6.23. The molecule has 5 aliphatic rings. The van der Waals surface area contributed by atoms with E-state index in [0.717, 1.165) is 68.9 Å². The molecule has 0 radical (unpaired) electrons. The minimum Gasteiger partial charge on any atom is -0.462 e. The van der Waals surface area contributed by atoms with E-state index in [-0.39, 0.29) is 57.4 Å². The normalized spacial score (nSPS) is 36.1. The summed E-state index contributed by atoms with van der Waals surface area (Å²) >= 11 is 6.06. The van der Waals surface area contributed by atoms with Crippen molar-refractivity contribution in [1.82, 2.24) is 5.32 Å². The molecule has 1 aromatic carbocycles. The van der Waals surface area contributed by atoms with Crippen molar-refractivity contribution in [3.63, 3.8) is 0 Å². The first-order chi connectivity index (χ1) is 25.2. The van der Waals surface area contributed by atoms with Crippen molar-refractivity contribution in [3.8, 4) is 0 Å². The van der Waals surface area contributed by atoms with Gasteiger partial charge < -0.3 is 20.2 Å². The third-order valence-electron chi connectivity index (χ3n) is 16.0. The van der Waals surface area contributed by atoms with E-state index in [1.165, 1.54) is 5.57 Å². The molecule has 0 aliphatic heterocycles. The number of benzene rings is 1. The molecular formula is C46H65ClN2O5. The second-order valence-electron chi connectivity index (χ2n) is 20.2. The number of hydrogen-bond acceptors (Lipinski definition) is 6. The van der Waals surface area contributed by atoms with Crippen LogP contribution in [0.4, 0.5) is 5.69 Å². The Bertz CT molecular complexity index is 1740. The zero-order valence-electron chi connectivity index (χ0n) is 34.5. The topological polar surface area (TPSA) is 102 Å². The molecule has 2 N–H and O–H groups in total. The predicted molar refractivity (Wildman–Crippen MR) is 216 cm³/mol. The number of halogens is 1. The molecule has 4 fully saturated rings. The highest BCUT2D eigenvalue weighted by molar-refractivity contribution is 6.30. The van der Waals surface area contributed by atoms with Crippen molar-refractivity contribution in [2.24, 2.45) is 56.2 Å². The summed E-state index contributed by atoms with van der Waals surface area (Å²) in [6.07, 6.45) is 11.8. The molecular weight excluding hydrogens is 696 g/mol. The summed E-state index contributed by atoms with van der Waals surface area (Å²) in [5.74, 6) is 1.20. The standard InChI is InChI=1S/C46H65ClN2O5/c1-28(2)39-33(51)25-46(24-31(48-10)23-37(52)49-30-13-11-29(47)12-14-30)22-21-44(8)32(40(39)46)15-16-35-43(7)19-18-36(54-38(53)26-41(3,4)27-50)42(5,6)34(43)17-20-45(35,44)9/h11-14,23,27-28,32,34-36,48H,15-22,24-26H2,1-10H3,(H,49,52)/b31-23-/t32?,34?,35?,36?,43?,44-,45?,46?/m1/s1. The molecule has 0 heterocycles. The van der Waals surface area contributed by atoms with Crippen LogP contribution >= 0.6 is 11.6 Å². The van der Waals surface area contributed by atoms with Gasteiger partial charge in [0.25, 0.3) is 0 Å². The summed E-state index contributed by atoms with van der Waals surface area (Å²) in [5.41, 5.74) is 2.98. The molecule has 296 valence electrons. The Morgan fingerprint density at radius 1 is 0.944 bits per heavy atom. The van der Waals surface area contributed by atoms with Crippen LogP contribution in [-0.2, 0) is 23.9 Å². The third kappa shape index (κ3) is 6.70. The zero-order valence-corrected chi connectivity index (χ0v) is 35.3. The molecule has 0 spiro atoms. The van der Waals surface area contributed by atoms with Gasteiger partial charge in [-0.3, -0.25) is 14.4 Å². The number of aldehydes is 1. The van der Waals surface area contributed by atoms with Crippen molar-refractivity contribution in [2.75, 3.05) is 12.4 Å². The van der Waals surface area contributed by atoms with E-state index in [2.05, 4.69) is 59.1 Å². The fraction of sp³-hybridized carbons (Fsp3) is 0.696. The maximum atomic E-state index is 14.2. The first-order valence-corrected chi connectivity index (χ1v) is 20.9. The van der Waals surface area contributed by atoms with Crippen LogP contribution in [0, 0.1) is 56.2 Å². The molecule has 7 nitrogen and oxygen atoms in total. The monoisotopic (exact) mass is 760 g/mol. The van der Waals surface area contributed by atoms with Crippen molar-refractivity contribution in [1.29, 1.82) is 0 Å². The first-order valence-electron chi connectivity index (χ1n) is 20.5. The maximum Gasteiger partial charge on any atom is 0.307 e. The summed E-state index contributed by atoms with van der Waals surface area (Å²) in [6, 6.07) is 7.11. The largest absolute Gasteiger partial charge is 0.462 e. The summed E-state index contributed by atoms with van der Waals surface area (Å²) in [4.78, 5) is 52.1. The van der Waals surface area contributed by atoms with Gasteiger partial charge >= 0.3 is 5.97 Å². The molecule has 5 aliphatic carbocycles. The lowest BCUT2D eigenvalue weighted by Gasteiger charge is -2.72. The molecule has 4 saturated carbocycles. The second kappa shape index (κ2) is 14.2. The summed E-state index contributed by atoms with van der Waals surface area (Å²) in [7, 11) is 1.88. The van der Waals surface area contributed by atoms with Gasteiger partial charge in [-0.1, -0.05) is 79.5 Å². The number of carbonyl (C=O) groups is 4. The number of Topliss-reactive ketones (excluding diaryl/α,β-unsaturated/α-hetero) is 1. The minimum absolute atomic E-state index is 0.0246. The Kier molecular flexibility index (Phi) is 10.7. The minimum atomic E-state index is -0.727. The number of amides is 1. The zero-order chi connectivity index (χ0) is 39.6. The molecule has 0 saturated heterocycles. The smallest absolute Gasteiger partial charge is 0.307 e. The van der Waals surface area contributed by atoms with Gasteiger partial charge in [-0.2, -0.15) is 0 Å². The van der Waals surface area contributed by atoms with E-state index >= 15 is 0 Å². The number of ketones is 1. The van der Waals surface area contributed by atoms with Crippen molar-refractivity contribution in [2.45, 2.75) is 139 Å². The number of ether oxygens (including phenoxy) is 1. The molecule has 1 aromatic rings. The van der Waals surface area contributed by atoms with Crippen molar-refractivity contribution in [3.05, 3.63) is 52.2 Å². The molecule has 8 atom stereocenters. The highest BCUT2D eigenvalue weighted by Crippen LogP contribution is 2.77. The number of hydrogen-bond donors (Lipinski definition) is 2. The number of fused-ring (bicyclic) bond motifs is 7. The van der Waals surface area contributed by atoms with Crippen molar-refractivity contribution >= 4 is 41.2 Å². The highest BCUT2D eigenvalue weighted by atomic mass is 35.5. The molecule has 0 aromatic heterocycles. The van der Waals surface area contributed by atoms with Crippen LogP contribution in [0.3, 0.4) is 0 Å². The van der Waals surface area contributed by atoms with Crippen LogP contribution in [0.25, 0.3) is 0 Å².